The van der Waals surface area contributed by atoms with Gasteiger partial charge < -0.3 is 0 Å². The maximum absolute atomic E-state index is 13.4. The molecule has 2 aromatic carbocycles. The zero-order valence-electron chi connectivity index (χ0n) is 9.70. The second-order valence-electron chi connectivity index (χ2n) is 3.80. The average Bonchev–Trinajstić information content (AvgIpc) is 2.32. The number of benzene rings is 2. The van der Waals surface area contributed by atoms with Crippen molar-refractivity contribution in [3.05, 3.63) is 58.9 Å². The van der Waals surface area contributed by atoms with Gasteiger partial charge >= 0.3 is 0 Å². The van der Waals surface area contributed by atoms with Crippen LogP contribution in [-0.4, -0.2) is 8.42 Å². The van der Waals surface area contributed by atoms with Crippen LogP contribution in [0.1, 0.15) is 0 Å². The molecule has 0 radical (unpaired) electrons. The summed E-state index contributed by atoms with van der Waals surface area (Å²) in [6.07, 6.45) is 0. The molecule has 2 aromatic rings. The monoisotopic (exact) mass is 321 g/mol. The molecule has 2 rings (SSSR count). The van der Waals surface area contributed by atoms with E-state index in [9.17, 15) is 21.6 Å². The smallest absolute Gasteiger partial charge is 0.263 e. The molecule has 0 amide bonds. The molecule has 0 saturated heterocycles. The van der Waals surface area contributed by atoms with E-state index in [1.807, 2.05) is 4.72 Å². The van der Waals surface area contributed by atoms with E-state index in [2.05, 4.69) is 0 Å². The van der Waals surface area contributed by atoms with Gasteiger partial charge in [-0.2, -0.15) is 0 Å². The molecule has 0 aliphatic heterocycles. The van der Waals surface area contributed by atoms with E-state index in [-0.39, 0.29) is 5.02 Å². The summed E-state index contributed by atoms with van der Waals surface area (Å²) in [6, 6.07) is 5.02. The maximum atomic E-state index is 13.4. The molecule has 0 heterocycles. The maximum Gasteiger partial charge on any atom is 0.263 e. The fourth-order valence-electron chi connectivity index (χ4n) is 1.47. The molecular formula is C12H7ClF3NO2S. The molecule has 3 nitrogen and oxygen atoms in total. The molecule has 0 aliphatic carbocycles. The highest BCUT2D eigenvalue weighted by Gasteiger charge is 2.20. The summed E-state index contributed by atoms with van der Waals surface area (Å²) < 4.78 is 64.9. The highest BCUT2D eigenvalue weighted by molar-refractivity contribution is 7.92. The molecule has 0 fully saturated rings. The molecule has 0 spiro atoms. The predicted molar refractivity (Wildman–Crippen MR) is 68.6 cm³/mol. The number of sulfonamides is 1. The first-order valence-electron chi connectivity index (χ1n) is 5.22. The van der Waals surface area contributed by atoms with Gasteiger partial charge in [0.1, 0.15) is 22.3 Å². The molecule has 106 valence electrons. The summed E-state index contributed by atoms with van der Waals surface area (Å²) in [5.41, 5.74) is -0.438. The van der Waals surface area contributed by atoms with Crippen molar-refractivity contribution in [3.8, 4) is 0 Å². The Morgan fingerprint density at radius 3 is 2.15 bits per heavy atom. The Kier molecular flexibility index (Phi) is 3.92. The number of anilines is 1. The standard InChI is InChI=1S/C12H7ClF3NO2S/c13-9-5-7(14)2-4-12(9)20(18,19)17-11-3-1-8(15)6-10(11)16/h1-6,17H. The molecule has 1 N–H and O–H groups in total. The fourth-order valence-corrected chi connectivity index (χ4v) is 3.06. The molecule has 0 aliphatic rings. The number of halogens is 4. The normalized spacial score (nSPS) is 11.4. The third-order valence-corrected chi connectivity index (χ3v) is 4.21. The number of nitrogens with one attached hydrogen (secondary N) is 1. The van der Waals surface area contributed by atoms with Crippen LogP contribution in [0.4, 0.5) is 18.9 Å². The van der Waals surface area contributed by atoms with Gasteiger partial charge in [0, 0.05) is 6.07 Å². The lowest BCUT2D eigenvalue weighted by Crippen LogP contribution is -2.14. The summed E-state index contributed by atoms with van der Waals surface area (Å²) in [5.74, 6) is -2.63. The summed E-state index contributed by atoms with van der Waals surface area (Å²) in [7, 11) is -4.21. The Bertz CT molecular complexity index is 765. The molecule has 0 bridgehead atoms. The van der Waals surface area contributed by atoms with E-state index in [0.29, 0.717) is 6.07 Å². The fraction of sp³-hybridized carbons (Fsp3) is 0. The van der Waals surface area contributed by atoms with E-state index >= 15 is 0 Å². The van der Waals surface area contributed by atoms with Crippen molar-refractivity contribution in [1.82, 2.24) is 0 Å². The Labute approximate surface area is 118 Å². The topological polar surface area (TPSA) is 46.2 Å². The first-order valence-corrected chi connectivity index (χ1v) is 7.08. The van der Waals surface area contributed by atoms with Gasteiger partial charge in [-0.3, -0.25) is 4.72 Å². The SMILES string of the molecule is O=S(=O)(Nc1ccc(F)cc1F)c1ccc(F)cc1Cl. The lowest BCUT2D eigenvalue weighted by Gasteiger charge is -2.10. The van der Waals surface area contributed by atoms with Gasteiger partial charge in [-0.05, 0) is 30.3 Å². The molecule has 0 atom stereocenters. The van der Waals surface area contributed by atoms with Crippen LogP contribution in [0.3, 0.4) is 0 Å². The molecule has 0 unspecified atom stereocenters. The van der Waals surface area contributed by atoms with Crippen molar-refractivity contribution in [2.75, 3.05) is 4.72 Å². The Morgan fingerprint density at radius 2 is 1.55 bits per heavy atom. The number of rotatable bonds is 3. The van der Waals surface area contributed by atoms with Gasteiger partial charge in [0.15, 0.2) is 0 Å². The van der Waals surface area contributed by atoms with Crippen molar-refractivity contribution in [3.63, 3.8) is 0 Å². The first-order chi connectivity index (χ1) is 9.29. The minimum absolute atomic E-state index is 0.347. The minimum Gasteiger partial charge on any atom is -0.277 e. The van der Waals surface area contributed by atoms with Crippen LogP contribution in [0.25, 0.3) is 0 Å². The van der Waals surface area contributed by atoms with Gasteiger partial charge in [-0.1, -0.05) is 11.6 Å². The van der Waals surface area contributed by atoms with Gasteiger partial charge in [-0.15, -0.1) is 0 Å². The Morgan fingerprint density at radius 1 is 0.950 bits per heavy atom. The van der Waals surface area contributed by atoms with Crippen LogP contribution in [0, 0.1) is 17.5 Å². The second kappa shape index (κ2) is 5.34. The first kappa shape index (κ1) is 14.7. The summed E-state index contributed by atoms with van der Waals surface area (Å²) >= 11 is 5.63. The summed E-state index contributed by atoms with van der Waals surface area (Å²) in [5, 5.41) is -0.347. The average molecular weight is 322 g/mol. The van der Waals surface area contributed by atoms with Crippen molar-refractivity contribution in [2.45, 2.75) is 4.90 Å². The highest BCUT2D eigenvalue weighted by atomic mass is 35.5. The van der Waals surface area contributed by atoms with Crippen LogP contribution < -0.4 is 4.72 Å². The van der Waals surface area contributed by atoms with Crippen LogP contribution in [0.5, 0.6) is 0 Å². The van der Waals surface area contributed by atoms with Crippen LogP contribution in [0.15, 0.2) is 41.3 Å². The lowest BCUT2D eigenvalue weighted by molar-refractivity contribution is 0.582. The lowest BCUT2D eigenvalue weighted by atomic mass is 10.3. The largest absolute Gasteiger partial charge is 0.277 e. The van der Waals surface area contributed by atoms with Crippen LogP contribution in [-0.2, 0) is 10.0 Å². The van der Waals surface area contributed by atoms with E-state index in [4.69, 9.17) is 11.6 Å². The van der Waals surface area contributed by atoms with Crippen molar-refractivity contribution < 1.29 is 21.6 Å². The molecule has 0 saturated carbocycles. The minimum atomic E-state index is -4.21. The van der Waals surface area contributed by atoms with Crippen LogP contribution >= 0.6 is 11.6 Å². The molecule has 0 aromatic heterocycles. The van der Waals surface area contributed by atoms with Crippen molar-refractivity contribution in [2.24, 2.45) is 0 Å². The van der Waals surface area contributed by atoms with E-state index in [1.54, 1.807) is 0 Å². The Balaban J connectivity index is 2.41. The van der Waals surface area contributed by atoms with Gasteiger partial charge in [-0.25, -0.2) is 21.6 Å². The van der Waals surface area contributed by atoms with Crippen molar-refractivity contribution in [1.29, 1.82) is 0 Å². The molecule has 8 heteroatoms. The van der Waals surface area contributed by atoms with Gasteiger partial charge in [0.05, 0.1) is 10.7 Å². The van der Waals surface area contributed by atoms with E-state index < -0.39 is 38.1 Å². The van der Waals surface area contributed by atoms with E-state index in [0.717, 1.165) is 30.3 Å². The second-order valence-corrected chi connectivity index (χ2v) is 5.86. The van der Waals surface area contributed by atoms with E-state index in [1.165, 1.54) is 0 Å². The summed E-state index contributed by atoms with van der Waals surface area (Å²) in [6.45, 7) is 0. The zero-order chi connectivity index (χ0) is 14.9. The number of hydrogen-bond acceptors (Lipinski definition) is 2. The van der Waals surface area contributed by atoms with Crippen LogP contribution in [0.2, 0.25) is 5.02 Å². The predicted octanol–water partition coefficient (Wildman–Crippen LogP) is 3.56. The summed E-state index contributed by atoms with van der Waals surface area (Å²) in [4.78, 5) is -0.413. The van der Waals surface area contributed by atoms with Crippen molar-refractivity contribution >= 4 is 27.3 Å². The molecule has 20 heavy (non-hydrogen) atoms. The van der Waals surface area contributed by atoms with Gasteiger partial charge in [0.2, 0.25) is 0 Å². The third kappa shape index (κ3) is 3.05. The molecular weight excluding hydrogens is 315 g/mol. The zero-order valence-corrected chi connectivity index (χ0v) is 11.3. The quantitative estimate of drug-likeness (QED) is 0.939. The highest BCUT2D eigenvalue weighted by Crippen LogP contribution is 2.25. The van der Waals surface area contributed by atoms with Gasteiger partial charge in [0.25, 0.3) is 10.0 Å². The third-order valence-electron chi connectivity index (χ3n) is 2.36. The Hall–Kier alpha value is -1.73. The number of hydrogen-bond donors (Lipinski definition) is 1.